The highest BCUT2D eigenvalue weighted by Gasteiger charge is 2.27. The van der Waals surface area contributed by atoms with E-state index in [2.05, 4.69) is 15.0 Å². The second-order valence-electron chi connectivity index (χ2n) is 4.28. The summed E-state index contributed by atoms with van der Waals surface area (Å²) in [6.07, 6.45) is 2.85. The molecule has 1 aromatic rings. The summed E-state index contributed by atoms with van der Waals surface area (Å²) in [5.41, 5.74) is 6.12. The van der Waals surface area contributed by atoms with Crippen LogP contribution in [-0.4, -0.2) is 28.8 Å². The fraction of sp³-hybridized carbons (Fsp3) is 0.545. The number of nitrogens with one attached hydrogen (secondary N) is 2. The number of hydrogen-bond acceptors (Lipinski definition) is 5. The van der Waals surface area contributed by atoms with Gasteiger partial charge in [-0.2, -0.15) is 4.37 Å². The van der Waals surface area contributed by atoms with E-state index in [1.807, 2.05) is 6.92 Å². The quantitative estimate of drug-likeness (QED) is 0.734. The zero-order valence-electron chi connectivity index (χ0n) is 10.2. The van der Waals surface area contributed by atoms with Gasteiger partial charge in [-0.05, 0) is 30.8 Å². The lowest BCUT2D eigenvalue weighted by Gasteiger charge is -2.02. The summed E-state index contributed by atoms with van der Waals surface area (Å²) in [6, 6.07) is 0.261. The molecule has 2 amide bonds. The van der Waals surface area contributed by atoms with Gasteiger partial charge in [-0.1, -0.05) is 6.92 Å². The van der Waals surface area contributed by atoms with Gasteiger partial charge in [0.05, 0.1) is 5.69 Å². The van der Waals surface area contributed by atoms with Gasteiger partial charge in [0.25, 0.3) is 11.8 Å². The number of aromatic nitrogens is 1. The molecule has 1 saturated carbocycles. The maximum absolute atomic E-state index is 11.8. The number of nitrogens with two attached hydrogens (primary N) is 1. The molecular weight excluding hydrogens is 252 g/mol. The first-order valence-electron chi connectivity index (χ1n) is 5.97. The summed E-state index contributed by atoms with van der Waals surface area (Å²) in [5.74, 6) is -0.557. The molecule has 7 heteroatoms. The molecular formula is C11H16N4O2S. The number of hydrogen-bond donors (Lipinski definition) is 3. The van der Waals surface area contributed by atoms with Gasteiger partial charge in [0.15, 0.2) is 5.69 Å². The van der Waals surface area contributed by atoms with Gasteiger partial charge in [-0.3, -0.25) is 9.59 Å². The molecule has 98 valence electrons. The number of nitrogen functional groups attached to an aromatic ring is 1. The summed E-state index contributed by atoms with van der Waals surface area (Å²) in [5, 5.41) is 5.51. The van der Waals surface area contributed by atoms with Crippen LogP contribution in [0.25, 0.3) is 0 Å². The summed E-state index contributed by atoms with van der Waals surface area (Å²) >= 11 is 0.968. The van der Waals surface area contributed by atoms with Crippen molar-refractivity contribution in [1.29, 1.82) is 0 Å². The van der Waals surface area contributed by atoms with E-state index in [1.54, 1.807) is 0 Å². The minimum atomic E-state index is -0.323. The Balaban J connectivity index is 2.06. The second kappa shape index (κ2) is 5.34. The zero-order valence-corrected chi connectivity index (χ0v) is 11.0. The lowest BCUT2D eigenvalue weighted by atomic mass is 10.3. The lowest BCUT2D eigenvalue weighted by Crippen LogP contribution is -2.27. The molecule has 0 aliphatic heterocycles. The van der Waals surface area contributed by atoms with E-state index in [9.17, 15) is 9.59 Å². The van der Waals surface area contributed by atoms with Crippen LogP contribution in [0.4, 0.5) is 5.69 Å². The number of anilines is 1. The Morgan fingerprint density at radius 2 is 2.17 bits per heavy atom. The van der Waals surface area contributed by atoms with Crippen LogP contribution in [0.2, 0.25) is 0 Å². The highest BCUT2D eigenvalue weighted by Crippen LogP contribution is 2.24. The molecule has 0 aromatic carbocycles. The molecule has 1 aliphatic rings. The standard InChI is InChI=1S/C11H16N4O2S/c1-2-5-13-10(16)8-7(12)9(18-15-8)11(17)14-6-3-4-6/h6H,2-5,12H2,1H3,(H,13,16)(H,14,17). The van der Waals surface area contributed by atoms with Crippen LogP contribution < -0.4 is 16.4 Å². The molecule has 0 atom stereocenters. The Morgan fingerprint density at radius 3 is 2.78 bits per heavy atom. The fourth-order valence-corrected chi connectivity index (χ4v) is 2.13. The van der Waals surface area contributed by atoms with Crippen molar-refractivity contribution in [1.82, 2.24) is 15.0 Å². The average Bonchev–Trinajstić information content (AvgIpc) is 3.07. The molecule has 1 aliphatic carbocycles. The predicted octanol–water partition coefficient (Wildman–Crippen LogP) is 0.757. The van der Waals surface area contributed by atoms with E-state index >= 15 is 0 Å². The third kappa shape index (κ3) is 2.79. The first-order valence-corrected chi connectivity index (χ1v) is 6.75. The number of rotatable bonds is 5. The molecule has 2 rings (SSSR count). The van der Waals surface area contributed by atoms with E-state index in [0.29, 0.717) is 11.4 Å². The molecule has 0 spiro atoms. The van der Waals surface area contributed by atoms with Crippen molar-refractivity contribution in [2.75, 3.05) is 12.3 Å². The Bertz CT molecular complexity index is 468. The normalized spacial score (nSPS) is 14.3. The van der Waals surface area contributed by atoms with Crippen LogP contribution in [0, 0.1) is 0 Å². The molecule has 0 radical (unpaired) electrons. The fourth-order valence-electron chi connectivity index (χ4n) is 1.43. The third-order valence-corrected chi connectivity index (χ3v) is 3.46. The highest BCUT2D eigenvalue weighted by atomic mass is 32.1. The van der Waals surface area contributed by atoms with Gasteiger partial charge in [-0.25, -0.2) is 0 Å². The second-order valence-corrected chi connectivity index (χ2v) is 5.05. The monoisotopic (exact) mass is 268 g/mol. The third-order valence-electron chi connectivity index (χ3n) is 2.60. The summed E-state index contributed by atoms with van der Waals surface area (Å²) in [7, 11) is 0. The minimum absolute atomic E-state index is 0.148. The smallest absolute Gasteiger partial charge is 0.273 e. The number of carbonyl (C=O) groups is 2. The topological polar surface area (TPSA) is 97.1 Å². The van der Waals surface area contributed by atoms with Crippen LogP contribution in [0.15, 0.2) is 0 Å². The van der Waals surface area contributed by atoms with Crippen LogP contribution in [-0.2, 0) is 0 Å². The molecule has 0 unspecified atom stereocenters. The van der Waals surface area contributed by atoms with Crippen molar-refractivity contribution < 1.29 is 9.59 Å². The maximum Gasteiger partial charge on any atom is 0.273 e. The molecule has 1 aromatic heterocycles. The molecule has 4 N–H and O–H groups in total. The van der Waals surface area contributed by atoms with Crippen LogP contribution in [0.5, 0.6) is 0 Å². The average molecular weight is 268 g/mol. The summed E-state index contributed by atoms with van der Waals surface area (Å²) in [4.78, 5) is 23.9. The first kappa shape index (κ1) is 12.8. The van der Waals surface area contributed by atoms with Gasteiger partial charge < -0.3 is 16.4 Å². The van der Waals surface area contributed by atoms with Crippen molar-refractivity contribution in [3.05, 3.63) is 10.6 Å². The van der Waals surface area contributed by atoms with Crippen molar-refractivity contribution in [2.24, 2.45) is 0 Å². The van der Waals surface area contributed by atoms with Crippen LogP contribution in [0.1, 0.15) is 46.3 Å². The van der Waals surface area contributed by atoms with Crippen molar-refractivity contribution >= 4 is 29.0 Å². The maximum atomic E-state index is 11.8. The molecule has 1 fully saturated rings. The van der Waals surface area contributed by atoms with E-state index in [1.165, 1.54) is 0 Å². The summed E-state index contributed by atoms with van der Waals surface area (Å²) < 4.78 is 3.96. The van der Waals surface area contributed by atoms with Crippen molar-refractivity contribution in [3.63, 3.8) is 0 Å². The van der Waals surface area contributed by atoms with Crippen molar-refractivity contribution in [2.45, 2.75) is 32.2 Å². The van der Waals surface area contributed by atoms with Gasteiger partial charge in [-0.15, -0.1) is 0 Å². The van der Waals surface area contributed by atoms with Gasteiger partial charge in [0.2, 0.25) is 0 Å². The van der Waals surface area contributed by atoms with Gasteiger partial charge in [0, 0.05) is 12.6 Å². The van der Waals surface area contributed by atoms with Crippen LogP contribution >= 0.6 is 11.5 Å². The van der Waals surface area contributed by atoms with Gasteiger partial charge in [0.1, 0.15) is 4.88 Å². The highest BCUT2D eigenvalue weighted by molar-refractivity contribution is 7.09. The lowest BCUT2D eigenvalue weighted by molar-refractivity contribution is 0.0949. The van der Waals surface area contributed by atoms with Gasteiger partial charge >= 0.3 is 0 Å². The number of nitrogens with zero attached hydrogens (tertiary/aromatic N) is 1. The number of amides is 2. The van der Waals surface area contributed by atoms with E-state index in [0.717, 1.165) is 30.8 Å². The Hall–Kier alpha value is -1.63. The molecule has 6 nitrogen and oxygen atoms in total. The van der Waals surface area contributed by atoms with Crippen molar-refractivity contribution in [3.8, 4) is 0 Å². The summed E-state index contributed by atoms with van der Waals surface area (Å²) in [6.45, 7) is 2.53. The van der Waals surface area contributed by atoms with Crippen LogP contribution in [0.3, 0.4) is 0 Å². The van der Waals surface area contributed by atoms with E-state index in [-0.39, 0.29) is 29.2 Å². The first-order chi connectivity index (χ1) is 8.63. The molecule has 1 heterocycles. The Kier molecular flexibility index (Phi) is 3.81. The zero-order chi connectivity index (χ0) is 13.1. The van der Waals surface area contributed by atoms with E-state index < -0.39 is 0 Å². The van der Waals surface area contributed by atoms with E-state index in [4.69, 9.17) is 5.73 Å². The number of carbonyl (C=O) groups excluding carboxylic acids is 2. The SMILES string of the molecule is CCCNC(=O)c1nsc(C(=O)NC2CC2)c1N. The largest absolute Gasteiger partial charge is 0.395 e. The molecule has 0 bridgehead atoms. The predicted molar refractivity (Wildman–Crippen MR) is 69.6 cm³/mol. The molecule has 18 heavy (non-hydrogen) atoms. The minimum Gasteiger partial charge on any atom is -0.395 e. The Labute approximate surface area is 109 Å². The molecule has 0 saturated heterocycles. The Morgan fingerprint density at radius 1 is 1.44 bits per heavy atom.